The van der Waals surface area contributed by atoms with Gasteiger partial charge in [0.15, 0.2) is 0 Å². The normalized spacial score (nSPS) is 19.4. The predicted molar refractivity (Wildman–Crippen MR) is 69.4 cm³/mol. The maximum atomic E-state index is 12.3. The third-order valence-corrected chi connectivity index (χ3v) is 4.82. The van der Waals surface area contributed by atoms with E-state index < -0.39 is 10.0 Å². The van der Waals surface area contributed by atoms with Crippen LogP contribution in [0.5, 0.6) is 0 Å². The van der Waals surface area contributed by atoms with Crippen LogP contribution in [0, 0.1) is 12.8 Å². The minimum Gasteiger partial charge on any atom is -0.396 e. The summed E-state index contributed by atoms with van der Waals surface area (Å²) >= 11 is 0. The lowest BCUT2D eigenvalue weighted by atomic mass is 10.1. The summed E-state index contributed by atoms with van der Waals surface area (Å²) in [6.07, 6.45) is 4.02. The summed E-state index contributed by atoms with van der Waals surface area (Å²) < 4.78 is 26.0. The largest absolute Gasteiger partial charge is 0.396 e. The molecule has 1 aliphatic heterocycles. The quantitative estimate of drug-likeness (QED) is 0.899. The number of aryl methyl sites for hydroxylation is 1. The SMILES string of the molecule is Cc1ccc(S(=O)(=O)N2C=CC(CCO)C2)cc1. The Morgan fingerprint density at radius 2 is 2.00 bits per heavy atom. The lowest BCUT2D eigenvalue weighted by molar-refractivity contribution is 0.267. The number of hydrogen-bond donors (Lipinski definition) is 1. The van der Waals surface area contributed by atoms with Gasteiger partial charge in [0.25, 0.3) is 10.0 Å². The molecule has 0 saturated heterocycles. The molecule has 0 aromatic heterocycles. The maximum Gasteiger partial charge on any atom is 0.263 e. The van der Waals surface area contributed by atoms with Crippen LogP contribution < -0.4 is 0 Å². The summed E-state index contributed by atoms with van der Waals surface area (Å²) in [5, 5.41) is 8.86. The van der Waals surface area contributed by atoms with Crippen LogP contribution in [0.1, 0.15) is 12.0 Å². The summed E-state index contributed by atoms with van der Waals surface area (Å²) in [5.41, 5.74) is 1.03. The summed E-state index contributed by atoms with van der Waals surface area (Å²) in [4.78, 5) is 0.308. The van der Waals surface area contributed by atoms with Gasteiger partial charge in [0.2, 0.25) is 0 Å². The molecule has 1 N–H and O–H groups in total. The number of benzene rings is 1. The fourth-order valence-electron chi connectivity index (χ4n) is 1.95. The van der Waals surface area contributed by atoms with Gasteiger partial charge in [-0.15, -0.1) is 0 Å². The van der Waals surface area contributed by atoms with E-state index in [1.54, 1.807) is 30.5 Å². The van der Waals surface area contributed by atoms with Gasteiger partial charge in [0.1, 0.15) is 0 Å². The predicted octanol–water partition coefficient (Wildman–Crippen LogP) is 1.51. The molecule has 1 atom stereocenters. The Labute approximate surface area is 108 Å². The van der Waals surface area contributed by atoms with E-state index in [1.165, 1.54) is 4.31 Å². The van der Waals surface area contributed by atoms with Gasteiger partial charge in [0.05, 0.1) is 4.90 Å². The second-order valence-electron chi connectivity index (χ2n) is 4.50. The molecule has 5 heteroatoms. The van der Waals surface area contributed by atoms with E-state index in [9.17, 15) is 8.42 Å². The molecule has 0 aliphatic carbocycles. The topological polar surface area (TPSA) is 57.6 Å². The fourth-order valence-corrected chi connectivity index (χ4v) is 3.32. The molecule has 0 bridgehead atoms. The van der Waals surface area contributed by atoms with E-state index in [-0.39, 0.29) is 12.5 Å². The standard InChI is InChI=1S/C13H17NO3S/c1-11-2-4-13(5-3-11)18(16,17)14-8-6-12(10-14)7-9-15/h2-6,8,12,15H,7,9-10H2,1H3. The second-order valence-corrected chi connectivity index (χ2v) is 6.39. The summed E-state index contributed by atoms with van der Waals surface area (Å²) in [6, 6.07) is 6.82. The van der Waals surface area contributed by atoms with Crippen molar-refractivity contribution in [3.8, 4) is 0 Å². The van der Waals surface area contributed by atoms with Gasteiger partial charge in [0, 0.05) is 19.4 Å². The van der Waals surface area contributed by atoms with Crippen LogP contribution in [0.4, 0.5) is 0 Å². The van der Waals surface area contributed by atoms with Crippen molar-refractivity contribution >= 4 is 10.0 Å². The molecule has 2 rings (SSSR count). The van der Waals surface area contributed by atoms with Crippen LogP contribution in [0.3, 0.4) is 0 Å². The molecule has 0 fully saturated rings. The van der Waals surface area contributed by atoms with E-state index in [0.717, 1.165) is 5.56 Å². The Kier molecular flexibility index (Phi) is 3.73. The maximum absolute atomic E-state index is 12.3. The zero-order valence-corrected chi connectivity index (χ0v) is 11.1. The highest BCUT2D eigenvalue weighted by Gasteiger charge is 2.27. The average Bonchev–Trinajstić information content (AvgIpc) is 2.79. The zero-order valence-electron chi connectivity index (χ0n) is 10.3. The van der Waals surface area contributed by atoms with Crippen LogP contribution in [0.2, 0.25) is 0 Å². The number of hydrogen-bond acceptors (Lipinski definition) is 3. The summed E-state index contributed by atoms with van der Waals surface area (Å²) in [5.74, 6) is 0.107. The van der Waals surface area contributed by atoms with Crippen molar-refractivity contribution < 1.29 is 13.5 Å². The number of rotatable bonds is 4. The van der Waals surface area contributed by atoms with E-state index in [2.05, 4.69) is 0 Å². The van der Waals surface area contributed by atoms with Gasteiger partial charge in [-0.05, 0) is 31.4 Å². The van der Waals surface area contributed by atoms with Crippen molar-refractivity contribution in [2.75, 3.05) is 13.2 Å². The molecule has 4 nitrogen and oxygen atoms in total. The Morgan fingerprint density at radius 1 is 1.33 bits per heavy atom. The fraction of sp³-hybridized carbons (Fsp3) is 0.385. The molecule has 1 aromatic rings. The van der Waals surface area contributed by atoms with E-state index in [0.29, 0.717) is 17.9 Å². The Balaban J connectivity index is 2.18. The number of nitrogens with zero attached hydrogens (tertiary/aromatic N) is 1. The van der Waals surface area contributed by atoms with Crippen molar-refractivity contribution in [1.82, 2.24) is 4.31 Å². The smallest absolute Gasteiger partial charge is 0.263 e. The van der Waals surface area contributed by atoms with Gasteiger partial charge in [-0.25, -0.2) is 8.42 Å². The molecule has 18 heavy (non-hydrogen) atoms. The molecule has 1 aromatic carbocycles. The Hall–Kier alpha value is -1.33. The van der Waals surface area contributed by atoms with Crippen LogP contribution in [-0.2, 0) is 10.0 Å². The lowest BCUT2D eigenvalue weighted by Gasteiger charge is -2.18. The Morgan fingerprint density at radius 3 is 2.61 bits per heavy atom. The number of aliphatic hydroxyl groups is 1. The van der Waals surface area contributed by atoms with E-state index in [1.807, 2.05) is 13.0 Å². The average molecular weight is 267 g/mol. The highest BCUT2D eigenvalue weighted by molar-refractivity contribution is 7.89. The van der Waals surface area contributed by atoms with Crippen molar-refractivity contribution in [2.45, 2.75) is 18.2 Å². The molecular formula is C13H17NO3S. The van der Waals surface area contributed by atoms with E-state index in [4.69, 9.17) is 5.11 Å². The van der Waals surface area contributed by atoms with Crippen LogP contribution in [0.25, 0.3) is 0 Å². The van der Waals surface area contributed by atoms with Crippen LogP contribution >= 0.6 is 0 Å². The van der Waals surface area contributed by atoms with Crippen LogP contribution in [-0.4, -0.2) is 31.0 Å². The van der Waals surface area contributed by atoms with Gasteiger partial charge >= 0.3 is 0 Å². The first-order valence-corrected chi connectivity index (χ1v) is 7.36. The lowest BCUT2D eigenvalue weighted by Crippen LogP contribution is -2.26. The van der Waals surface area contributed by atoms with Crippen molar-refractivity contribution in [3.63, 3.8) is 0 Å². The minimum atomic E-state index is -3.44. The third kappa shape index (κ3) is 2.57. The van der Waals surface area contributed by atoms with E-state index >= 15 is 0 Å². The molecule has 98 valence electrons. The molecule has 0 radical (unpaired) electrons. The monoisotopic (exact) mass is 267 g/mol. The summed E-state index contributed by atoms with van der Waals surface area (Å²) in [7, 11) is -3.44. The van der Waals surface area contributed by atoms with Crippen molar-refractivity contribution in [3.05, 3.63) is 42.1 Å². The Bertz CT molecular complexity index is 534. The molecule has 1 heterocycles. The molecular weight excluding hydrogens is 250 g/mol. The highest BCUT2D eigenvalue weighted by atomic mass is 32.2. The first kappa shape index (κ1) is 13.1. The molecule has 0 amide bonds. The third-order valence-electron chi connectivity index (χ3n) is 3.07. The van der Waals surface area contributed by atoms with Gasteiger partial charge in [-0.2, -0.15) is 0 Å². The summed E-state index contributed by atoms with van der Waals surface area (Å²) in [6.45, 7) is 2.41. The molecule has 0 saturated carbocycles. The van der Waals surface area contributed by atoms with Gasteiger partial charge in [-0.1, -0.05) is 23.8 Å². The zero-order chi connectivity index (χ0) is 13.2. The molecule has 1 unspecified atom stereocenters. The minimum absolute atomic E-state index is 0.0768. The first-order valence-electron chi connectivity index (χ1n) is 5.92. The second kappa shape index (κ2) is 5.12. The number of sulfonamides is 1. The van der Waals surface area contributed by atoms with Crippen molar-refractivity contribution in [2.24, 2.45) is 5.92 Å². The first-order chi connectivity index (χ1) is 8.54. The van der Waals surface area contributed by atoms with Gasteiger partial charge in [-0.3, -0.25) is 4.31 Å². The van der Waals surface area contributed by atoms with Crippen molar-refractivity contribution in [1.29, 1.82) is 0 Å². The van der Waals surface area contributed by atoms with Crippen LogP contribution in [0.15, 0.2) is 41.4 Å². The molecule has 0 spiro atoms. The molecule has 1 aliphatic rings. The highest BCUT2D eigenvalue weighted by Crippen LogP contribution is 2.24. The number of aliphatic hydroxyl groups excluding tert-OH is 1. The van der Waals surface area contributed by atoms with Gasteiger partial charge < -0.3 is 5.11 Å².